The number of hydrogen-bond donors (Lipinski definition) is 0. The van der Waals surface area contributed by atoms with Gasteiger partial charge in [0.15, 0.2) is 6.10 Å². The van der Waals surface area contributed by atoms with Gasteiger partial charge in [0.2, 0.25) is 0 Å². The fourth-order valence-corrected chi connectivity index (χ4v) is 10.8. The van der Waals surface area contributed by atoms with Gasteiger partial charge in [0.05, 0.1) is 0 Å². The van der Waals surface area contributed by atoms with Gasteiger partial charge in [0.25, 0.3) is 0 Å². The van der Waals surface area contributed by atoms with Crippen molar-refractivity contribution < 1.29 is 28.6 Å². The van der Waals surface area contributed by atoms with Crippen LogP contribution in [0.2, 0.25) is 0 Å². The Hall–Kier alpha value is -2.89. The first kappa shape index (κ1) is 79.1. The SMILES string of the molecule is CC/C=C\C/C=C\C/C=C\C/C=C\CCCCCCC(=O)OC(COC(=O)CCCCCCCCCCCCCCCCCC)COC(=O)CCCCCCCCCCCCCCCCCCCCC/C=C\CCCCCCCCCC. The van der Waals surface area contributed by atoms with Gasteiger partial charge in [-0.15, -0.1) is 0 Å². The van der Waals surface area contributed by atoms with Crippen LogP contribution in [0.1, 0.15) is 387 Å². The summed E-state index contributed by atoms with van der Waals surface area (Å²) in [5.74, 6) is -0.878. The topological polar surface area (TPSA) is 78.9 Å². The van der Waals surface area contributed by atoms with Gasteiger partial charge in [-0.2, -0.15) is 0 Å². The quantitative estimate of drug-likeness (QED) is 0.0261. The lowest BCUT2D eigenvalue weighted by molar-refractivity contribution is -0.167. The molecular weight excluding hydrogens is 1010 g/mol. The molecule has 82 heavy (non-hydrogen) atoms. The van der Waals surface area contributed by atoms with Crippen molar-refractivity contribution in [3.63, 3.8) is 0 Å². The zero-order valence-corrected chi connectivity index (χ0v) is 55.0. The Kier molecular flexibility index (Phi) is 68.1. The third-order valence-corrected chi connectivity index (χ3v) is 16.3. The molecule has 0 aromatic heterocycles. The fourth-order valence-electron chi connectivity index (χ4n) is 10.8. The van der Waals surface area contributed by atoms with Gasteiger partial charge in [-0.25, -0.2) is 0 Å². The van der Waals surface area contributed by atoms with Gasteiger partial charge >= 0.3 is 17.9 Å². The Morgan fingerprint density at radius 1 is 0.256 bits per heavy atom. The summed E-state index contributed by atoms with van der Waals surface area (Å²) in [5.41, 5.74) is 0. The molecule has 478 valence electrons. The number of ether oxygens (including phenoxy) is 3. The highest BCUT2D eigenvalue weighted by Gasteiger charge is 2.19. The van der Waals surface area contributed by atoms with E-state index in [1.165, 1.54) is 250 Å². The average molecular weight is 1150 g/mol. The maximum Gasteiger partial charge on any atom is 0.306 e. The largest absolute Gasteiger partial charge is 0.462 e. The smallest absolute Gasteiger partial charge is 0.306 e. The van der Waals surface area contributed by atoms with E-state index in [1.807, 2.05) is 0 Å². The molecule has 0 aliphatic carbocycles. The molecule has 6 nitrogen and oxygen atoms in total. The second-order valence-electron chi connectivity index (χ2n) is 24.5. The molecule has 0 N–H and O–H groups in total. The van der Waals surface area contributed by atoms with Crippen LogP contribution in [0, 0.1) is 0 Å². The third kappa shape index (κ3) is 67.9. The maximum absolute atomic E-state index is 12.9. The summed E-state index contributed by atoms with van der Waals surface area (Å²) in [5, 5.41) is 0. The minimum Gasteiger partial charge on any atom is -0.462 e. The molecule has 0 rings (SSSR count). The summed E-state index contributed by atoms with van der Waals surface area (Å²) in [4.78, 5) is 38.4. The Labute approximate surface area is 510 Å². The molecule has 0 amide bonds. The van der Waals surface area contributed by atoms with Crippen LogP contribution >= 0.6 is 0 Å². The molecule has 0 aliphatic rings. The van der Waals surface area contributed by atoms with Gasteiger partial charge in [-0.1, -0.05) is 345 Å². The first-order chi connectivity index (χ1) is 40.5. The Morgan fingerprint density at radius 3 is 0.756 bits per heavy atom. The van der Waals surface area contributed by atoms with Crippen LogP contribution in [0.25, 0.3) is 0 Å². The zero-order chi connectivity index (χ0) is 59.2. The molecule has 0 aromatic carbocycles. The van der Waals surface area contributed by atoms with Crippen LogP contribution in [0.4, 0.5) is 0 Å². The van der Waals surface area contributed by atoms with E-state index in [-0.39, 0.29) is 31.1 Å². The molecule has 0 saturated heterocycles. The van der Waals surface area contributed by atoms with E-state index in [1.54, 1.807) is 0 Å². The van der Waals surface area contributed by atoms with E-state index in [0.29, 0.717) is 19.3 Å². The molecule has 1 atom stereocenters. The number of allylic oxidation sites excluding steroid dienone is 10. The highest BCUT2D eigenvalue weighted by molar-refractivity contribution is 5.71. The van der Waals surface area contributed by atoms with Crippen molar-refractivity contribution in [1.29, 1.82) is 0 Å². The normalized spacial score (nSPS) is 12.4. The van der Waals surface area contributed by atoms with Crippen molar-refractivity contribution in [2.45, 2.75) is 393 Å². The number of esters is 3. The molecule has 1 unspecified atom stereocenters. The summed E-state index contributed by atoms with van der Waals surface area (Å²) < 4.78 is 17.0. The van der Waals surface area contributed by atoms with Crippen LogP contribution in [0.5, 0.6) is 0 Å². The van der Waals surface area contributed by atoms with Crippen molar-refractivity contribution in [1.82, 2.24) is 0 Å². The van der Waals surface area contributed by atoms with Gasteiger partial charge in [-0.05, 0) is 83.5 Å². The highest BCUT2D eigenvalue weighted by Crippen LogP contribution is 2.18. The van der Waals surface area contributed by atoms with Crippen LogP contribution in [0.3, 0.4) is 0 Å². The van der Waals surface area contributed by atoms with Crippen LogP contribution < -0.4 is 0 Å². The summed E-state index contributed by atoms with van der Waals surface area (Å²) in [6.45, 7) is 6.57. The highest BCUT2D eigenvalue weighted by atomic mass is 16.6. The summed E-state index contributed by atoms with van der Waals surface area (Å²) in [7, 11) is 0. The van der Waals surface area contributed by atoms with Crippen LogP contribution in [0.15, 0.2) is 60.8 Å². The molecule has 0 heterocycles. The van der Waals surface area contributed by atoms with Crippen LogP contribution in [-0.2, 0) is 28.6 Å². The minimum atomic E-state index is -0.786. The standard InChI is InChI=1S/C76H138O6/c1-4-7-10-13-16-19-22-25-28-31-32-33-34-35-36-37-38-39-40-41-42-43-44-46-48-51-54-57-60-63-66-69-75(78)81-72-73(71-80-74(77)68-65-62-59-56-53-50-47-30-27-24-21-18-15-12-9-6-3)82-76(79)70-67-64-61-58-55-52-49-45-29-26-23-20-17-14-11-8-5-2/h8,11,17,20,26,29,31-32,49,52,73H,4-7,9-10,12-16,18-19,21-25,27-28,30,33-48,50-51,53-72H2,1-3H3/b11-8-,20-17-,29-26-,32-31-,52-49-. The van der Waals surface area contributed by atoms with E-state index >= 15 is 0 Å². The van der Waals surface area contributed by atoms with Gasteiger partial charge in [0.1, 0.15) is 13.2 Å². The Bertz CT molecular complexity index is 1460. The van der Waals surface area contributed by atoms with Crippen LogP contribution in [-0.4, -0.2) is 37.2 Å². The zero-order valence-electron chi connectivity index (χ0n) is 55.0. The summed E-state index contributed by atoms with van der Waals surface area (Å²) in [6, 6.07) is 0. The van der Waals surface area contributed by atoms with Gasteiger partial charge in [0, 0.05) is 19.3 Å². The lowest BCUT2D eigenvalue weighted by Gasteiger charge is -2.18. The van der Waals surface area contributed by atoms with Gasteiger partial charge < -0.3 is 14.2 Å². The van der Waals surface area contributed by atoms with E-state index in [2.05, 4.69) is 81.5 Å². The Morgan fingerprint density at radius 2 is 0.476 bits per heavy atom. The number of unbranched alkanes of at least 4 members (excludes halogenated alkanes) is 46. The molecule has 0 fully saturated rings. The van der Waals surface area contributed by atoms with Gasteiger partial charge in [-0.3, -0.25) is 14.4 Å². The molecule has 0 aliphatic heterocycles. The van der Waals surface area contributed by atoms with Crippen molar-refractivity contribution in [3.8, 4) is 0 Å². The minimum absolute atomic E-state index is 0.0795. The van der Waals surface area contributed by atoms with Crippen molar-refractivity contribution in [2.24, 2.45) is 0 Å². The number of carbonyl (C=O) groups is 3. The molecule has 6 heteroatoms. The van der Waals surface area contributed by atoms with E-state index in [4.69, 9.17) is 14.2 Å². The number of rotatable bonds is 67. The molecule has 0 saturated carbocycles. The monoisotopic (exact) mass is 1150 g/mol. The van der Waals surface area contributed by atoms with E-state index < -0.39 is 6.10 Å². The maximum atomic E-state index is 12.9. The second-order valence-corrected chi connectivity index (χ2v) is 24.5. The third-order valence-electron chi connectivity index (χ3n) is 16.3. The summed E-state index contributed by atoms with van der Waals surface area (Å²) >= 11 is 0. The predicted octanol–water partition coefficient (Wildman–Crippen LogP) is 25.1. The molecular formula is C76H138O6. The molecule has 0 radical (unpaired) electrons. The van der Waals surface area contributed by atoms with Crippen molar-refractivity contribution in [3.05, 3.63) is 60.8 Å². The first-order valence-corrected chi connectivity index (χ1v) is 36.3. The lowest BCUT2D eigenvalue weighted by Crippen LogP contribution is -2.30. The average Bonchev–Trinajstić information content (AvgIpc) is 3.47. The first-order valence-electron chi connectivity index (χ1n) is 36.3. The lowest BCUT2D eigenvalue weighted by atomic mass is 10.0. The predicted molar refractivity (Wildman–Crippen MR) is 358 cm³/mol. The number of hydrogen-bond acceptors (Lipinski definition) is 6. The van der Waals surface area contributed by atoms with E-state index in [0.717, 1.165) is 96.3 Å². The van der Waals surface area contributed by atoms with Crippen molar-refractivity contribution >= 4 is 17.9 Å². The molecule has 0 spiro atoms. The van der Waals surface area contributed by atoms with E-state index in [9.17, 15) is 14.4 Å². The van der Waals surface area contributed by atoms with Crippen molar-refractivity contribution in [2.75, 3.05) is 13.2 Å². The second kappa shape index (κ2) is 70.6. The molecule has 0 aromatic rings. The molecule has 0 bridgehead atoms. The summed E-state index contributed by atoms with van der Waals surface area (Å²) in [6.07, 6.45) is 91.2. The number of carbonyl (C=O) groups excluding carboxylic acids is 3. The fraction of sp³-hybridized carbons (Fsp3) is 0.829. The Balaban J connectivity index is 4.20.